The highest BCUT2D eigenvalue weighted by molar-refractivity contribution is 5.71. The number of carbonyl (C=O) groups is 3. The van der Waals surface area contributed by atoms with E-state index in [0.29, 0.717) is 19.3 Å². The second kappa shape index (κ2) is 45.4. The Bertz CT molecular complexity index is 929. The summed E-state index contributed by atoms with van der Waals surface area (Å²) in [6.45, 7) is 13.7. The van der Waals surface area contributed by atoms with E-state index in [0.717, 1.165) is 75.5 Å². The molecule has 0 saturated carbocycles. The summed E-state index contributed by atoms with van der Waals surface area (Å²) in [5, 5.41) is 0. The summed E-state index contributed by atoms with van der Waals surface area (Å²) < 4.78 is 16.8. The maximum Gasteiger partial charge on any atom is 0.306 e. The van der Waals surface area contributed by atoms with E-state index in [9.17, 15) is 14.4 Å². The van der Waals surface area contributed by atoms with E-state index in [2.05, 4.69) is 41.5 Å². The van der Waals surface area contributed by atoms with E-state index in [-0.39, 0.29) is 31.1 Å². The second-order valence-electron chi connectivity index (χ2n) is 19.9. The van der Waals surface area contributed by atoms with Gasteiger partial charge in [-0.05, 0) is 37.0 Å². The molecular formula is C54H104O6. The number of esters is 3. The smallest absolute Gasteiger partial charge is 0.306 e. The molecule has 1 atom stereocenters. The van der Waals surface area contributed by atoms with Crippen molar-refractivity contribution in [2.75, 3.05) is 13.2 Å². The molecule has 6 nitrogen and oxygen atoms in total. The molecule has 0 heterocycles. The summed E-state index contributed by atoms with van der Waals surface area (Å²) >= 11 is 0. The lowest BCUT2D eigenvalue weighted by molar-refractivity contribution is -0.167. The molecular weight excluding hydrogens is 745 g/mol. The number of hydrogen-bond donors (Lipinski definition) is 0. The van der Waals surface area contributed by atoms with E-state index in [4.69, 9.17) is 14.2 Å². The lowest BCUT2D eigenvalue weighted by Gasteiger charge is -2.18. The van der Waals surface area contributed by atoms with Crippen LogP contribution in [0, 0.1) is 17.8 Å². The fourth-order valence-corrected chi connectivity index (χ4v) is 8.12. The van der Waals surface area contributed by atoms with Crippen molar-refractivity contribution in [1.29, 1.82) is 0 Å². The second-order valence-corrected chi connectivity index (χ2v) is 19.9. The van der Waals surface area contributed by atoms with E-state index in [1.807, 2.05) is 0 Å². The molecule has 0 spiro atoms. The molecule has 356 valence electrons. The van der Waals surface area contributed by atoms with Crippen molar-refractivity contribution in [3.63, 3.8) is 0 Å². The Morgan fingerprint density at radius 2 is 0.483 bits per heavy atom. The zero-order valence-electron chi connectivity index (χ0n) is 41.3. The first-order valence-corrected chi connectivity index (χ1v) is 26.6. The van der Waals surface area contributed by atoms with Crippen molar-refractivity contribution in [3.8, 4) is 0 Å². The number of rotatable bonds is 47. The lowest BCUT2D eigenvalue weighted by Crippen LogP contribution is -2.30. The van der Waals surface area contributed by atoms with Crippen molar-refractivity contribution in [1.82, 2.24) is 0 Å². The summed E-state index contributed by atoms with van der Waals surface area (Å²) in [5.74, 6) is 1.61. The largest absolute Gasteiger partial charge is 0.462 e. The molecule has 0 radical (unpaired) electrons. The highest BCUT2D eigenvalue weighted by Crippen LogP contribution is 2.18. The molecule has 0 aromatic rings. The molecule has 6 heteroatoms. The predicted molar refractivity (Wildman–Crippen MR) is 256 cm³/mol. The summed E-state index contributed by atoms with van der Waals surface area (Å²) in [5.41, 5.74) is 0. The SMILES string of the molecule is CC(C)CCCCCCCCCCCCCCCCC(=O)OC[C@H](COC(=O)CCCCCCCCCC(C)C)OC(=O)CCCCCCCCCCCCCCC(C)C. The van der Waals surface area contributed by atoms with Gasteiger partial charge in [0, 0.05) is 19.3 Å². The molecule has 0 bridgehead atoms. The minimum absolute atomic E-state index is 0.0647. The minimum Gasteiger partial charge on any atom is -0.462 e. The van der Waals surface area contributed by atoms with Crippen molar-refractivity contribution < 1.29 is 28.6 Å². The summed E-state index contributed by atoms with van der Waals surface area (Å²) in [6, 6.07) is 0. The van der Waals surface area contributed by atoms with Gasteiger partial charge in [0.2, 0.25) is 0 Å². The van der Waals surface area contributed by atoms with Crippen molar-refractivity contribution in [2.45, 2.75) is 298 Å². The quantitative estimate of drug-likeness (QED) is 0.0345. The maximum atomic E-state index is 12.8. The van der Waals surface area contributed by atoms with Crippen LogP contribution in [0.25, 0.3) is 0 Å². The Kier molecular flexibility index (Phi) is 44.2. The van der Waals surface area contributed by atoms with Crippen LogP contribution in [-0.2, 0) is 28.6 Å². The fourth-order valence-electron chi connectivity index (χ4n) is 8.12. The molecule has 0 aromatic carbocycles. The Balaban J connectivity index is 4.28. The van der Waals surface area contributed by atoms with Gasteiger partial charge < -0.3 is 14.2 Å². The first-order valence-electron chi connectivity index (χ1n) is 26.6. The Labute approximate surface area is 374 Å². The van der Waals surface area contributed by atoms with Gasteiger partial charge in [0.25, 0.3) is 0 Å². The fraction of sp³-hybridized carbons (Fsp3) is 0.944. The van der Waals surface area contributed by atoms with Crippen molar-refractivity contribution in [2.24, 2.45) is 17.8 Å². The molecule has 0 aliphatic heterocycles. The van der Waals surface area contributed by atoms with E-state index in [1.54, 1.807) is 0 Å². The third kappa shape index (κ3) is 47.5. The number of hydrogen-bond acceptors (Lipinski definition) is 6. The third-order valence-electron chi connectivity index (χ3n) is 12.1. The van der Waals surface area contributed by atoms with Crippen LogP contribution in [0.1, 0.15) is 292 Å². The summed E-state index contributed by atoms with van der Waals surface area (Å²) in [7, 11) is 0. The highest BCUT2D eigenvalue weighted by atomic mass is 16.6. The van der Waals surface area contributed by atoms with Crippen molar-refractivity contribution >= 4 is 17.9 Å². The van der Waals surface area contributed by atoms with E-state index >= 15 is 0 Å². The Hall–Kier alpha value is -1.59. The maximum absolute atomic E-state index is 12.8. The first kappa shape index (κ1) is 58.4. The molecule has 0 unspecified atom stereocenters. The molecule has 0 aromatic heterocycles. The molecule has 0 aliphatic rings. The number of ether oxygens (including phenoxy) is 3. The van der Waals surface area contributed by atoms with Crippen LogP contribution in [-0.4, -0.2) is 37.2 Å². The molecule has 0 N–H and O–H groups in total. The first-order chi connectivity index (χ1) is 29.1. The normalized spacial score (nSPS) is 12.2. The van der Waals surface area contributed by atoms with Crippen LogP contribution >= 0.6 is 0 Å². The average Bonchev–Trinajstić information content (AvgIpc) is 3.20. The van der Waals surface area contributed by atoms with Crippen LogP contribution in [0.3, 0.4) is 0 Å². The van der Waals surface area contributed by atoms with Crippen LogP contribution < -0.4 is 0 Å². The van der Waals surface area contributed by atoms with Gasteiger partial charge in [-0.25, -0.2) is 0 Å². The number of unbranched alkanes of at least 4 members (excludes halogenated alkanes) is 30. The lowest BCUT2D eigenvalue weighted by atomic mass is 10.0. The summed E-state index contributed by atoms with van der Waals surface area (Å²) in [4.78, 5) is 37.9. The van der Waals surface area contributed by atoms with Gasteiger partial charge in [-0.1, -0.05) is 253 Å². The van der Waals surface area contributed by atoms with Gasteiger partial charge in [0.05, 0.1) is 0 Å². The van der Waals surface area contributed by atoms with Crippen LogP contribution in [0.4, 0.5) is 0 Å². The van der Waals surface area contributed by atoms with Gasteiger partial charge in [0.15, 0.2) is 6.10 Å². The number of carbonyl (C=O) groups excluding carboxylic acids is 3. The topological polar surface area (TPSA) is 78.9 Å². The minimum atomic E-state index is -0.763. The standard InChI is InChI=1S/C54H104O6/c1-48(2)40-34-28-22-17-13-9-7-8-10-15-19-25-31-37-43-52(55)58-46-51(47-59-53(56)44-38-32-27-21-24-30-36-42-50(5)6)60-54(57)45-39-33-26-20-16-12-11-14-18-23-29-35-41-49(3)4/h48-51H,7-47H2,1-6H3/t51-/m1/s1. The van der Waals surface area contributed by atoms with Gasteiger partial charge in [-0.15, -0.1) is 0 Å². The van der Waals surface area contributed by atoms with Gasteiger partial charge in [-0.2, -0.15) is 0 Å². The van der Waals surface area contributed by atoms with Gasteiger partial charge in [0.1, 0.15) is 13.2 Å². The van der Waals surface area contributed by atoms with Crippen LogP contribution in [0.2, 0.25) is 0 Å². The molecule has 0 rings (SSSR count). The highest BCUT2D eigenvalue weighted by Gasteiger charge is 2.19. The Morgan fingerprint density at radius 3 is 0.717 bits per heavy atom. The van der Waals surface area contributed by atoms with Crippen LogP contribution in [0.15, 0.2) is 0 Å². The van der Waals surface area contributed by atoms with E-state index in [1.165, 1.54) is 173 Å². The van der Waals surface area contributed by atoms with E-state index < -0.39 is 6.10 Å². The molecule has 60 heavy (non-hydrogen) atoms. The molecule has 0 aliphatic carbocycles. The monoisotopic (exact) mass is 849 g/mol. The zero-order chi connectivity index (χ0) is 44.2. The van der Waals surface area contributed by atoms with Crippen LogP contribution in [0.5, 0.6) is 0 Å². The third-order valence-corrected chi connectivity index (χ3v) is 12.1. The van der Waals surface area contributed by atoms with Gasteiger partial charge in [-0.3, -0.25) is 14.4 Å². The molecule has 0 amide bonds. The molecule has 0 fully saturated rings. The summed E-state index contributed by atoms with van der Waals surface area (Å²) in [6.07, 6.45) is 45.3. The predicted octanol–water partition coefficient (Wildman–Crippen LogP) is 17.2. The zero-order valence-corrected chi connectivity index (χ0v) is 41.3. The Morgan fingerprint density at radius 1 is 0.283 bits per heavy atom. The van der Waals surface area contributed by atoms with Gasteiger partial charge >= 0.3 is 17.9 Å². The van der Waals surface area contributed by atoms with Crippen molar-refractivity contribution in [3.05, 3.63) is 0 Å². The molecule has 0 saturated heterocycles. The average molecular weight is 849 g/mol.